The number of hydrogen-bond donors (Lipinski definition) is 1. The van der Waals surface area contributed by atoms with Crippen molar-refractivity contribution in [2.75, 3.05) is 7.11 Å². The molecule has 1 aliphatic heterocycles. The molecule has 4 unspecified atom stereocenters. The van der Waals surface area contributed by atoms with Gasteiger partial charge in [0, 0.05) is 12.1 Å². The Morgan fingerprint density at radius 2 is 1.59 bits per heavy atom. The molecule has 7 heteroatoms. The molecule has 4 rings (SSSR count). The zero-order valence-electron chi connectivity index (χ0n) is 19.2. The van der Waals surface area contributed by atoms with Gasteiger partial charge >= 0.3 is 5.97 Å². The Balaban J connectivity index is 0.00000324. The number of pyridine rings is 1. The summed E-state index contributed by atoms with van der Waals surface area (Å²) in [7, 11) is 1.28. The van der Waals surface area contributed by atoms with E-state index in [-0.39, 0.29) is 22.9 Å². The maximum atomic E-state index is 13.7. The number of nitrogens with zero attached hydrogens (tertiary/aromatic N) is 2. The van der Waals surface area contributed by atoms with Crippen molar-refractivity contribution in [3.63, 3.8) is 0 Å². The third-order valence-electron chi connectivity index (χ3n) is 6.36. The molecule has 174 valence electrons. The highest BCUT2D eigenvalue weighted by atomic mass is 79.9. The van der Waals surface area contributed by atoms with Gasteiger partial charge in [0.2, 0.25) is 6.04 Å². The number of aryl methyl sites for hydroxylation is 2. The second kappa shape index (κ2) is 10.2. The first kappa shape index (κ1) is 25.1. The standard InChI is InChI=1S/C27H25N3O3.BrH/c1-18-9-7-11-20(15-18)22-23(30-13-5-4-6-14-30)25(31)29-24(21-12-8-10-19(2)16-21)27(22,17-28)26(32)33-3;/h4-16,22-24H,1-3H3;1H. The quantitative estimate of drug-likeness (QED) is 0.401. The summed E-state index contributed by atoms with van der Waals surface area (Å²) in [6.45, 7) is 3.88. The van der Waals surface area contributed by atoms with Crippen LogP contribution < -0.4 is 26.9 Å². The number of halogens is 1. The summed E-state index contributed by atoms with van der Waals surface area (Å²) in [5.41, 5.74) is 1.65. The molecule has 0 spiro atoms. The minimum absolute atomic E-state index is 0. The van der Waals surface area contributed by atoms with Gasteiger partial charge in [0.25, 0.3) is 5.91 Å². The summed E-state index contributed by atoms with van der Waals surface area (Å²) < 4.78 is 7.00. The summed E-state index contributed by atoms with van der Waals surface area (Å²) in [4.78, 5) is 27.2. The molecule has 2 heterocycles. The van der Waals surface area contributed by atoms with Gasteiger partial charge in [0.15, 0.2) is 17.8 Å². The van der Waals surface area contributed by atoms with Gasteiger partial charge in [-0.15, -0.1) is 0 Å². The molecule has 3 aromatic rings. The molecule has 0 aliphatic carbocycles. The van der Waals surface area contributed by atoms with Crippen LogP contribution in [0.15, 0.2) is 79.1 Å². The molecule has 0 bridgehead atoms. The van der Waals surface area contributed by atoms with Crippen LogP contribution in [-0.4, -0.2) is 19.0 Å². The van der Waals surface area contributed by atoms with Crippen molar-refractivity contribution in [3.05, 3.63) is 101 Å². The number of esters is 1. The number of carbonyl (C=O) groups excluding carboxylic acids is 2. The van der Waals surface area contributed by atoms with Gasteiger partial charge < -0.3 is 27.0 Å². The average Bonchev–Trinajstić information content (AvgIpc) is 2.83. The van der Waals surface area contributed by atoms with Crippen molar-refractivity contribution in [2.24, 2.45) is 5.41 Å². The average molecular weight is 520 g/mol. The van der Waals surface area contributed by atoms with E-state index in [2.05, 4.69) is 11.4 Å². The van der Waals surface area contributed by atoms with Crippen molar-refractivity contribution in [2.45, 2.75) is 31.8 Å². The number of benzene rings is 2. The van der Waals surface area contributed by atoms with Crippen LogP contribution >= 0.6 is 0 Å². The Morgan fingerprint density at radius 1 is 1.00 bits per heavy atom. The lowest BCUT2D eigenvalue weighted by Crippen LogP contribution is -3.00. The number of hydrogen-bond acceptors (Lipinski definition) is 4. The lowest BCUT2D eigenvalue weighted by molar-refractivity contribution is -0.715. The molecule has 1 N–H and O–H groups in total. The molecular formula is C27H26BrN3O3. The molecule has 2 aromatic carbocycles. The smallest absolute Gasteiger partial charge is 0.329 e. The third kappa shape index (κ3) is 4.22. The SMILES string of the molecule is COC(=O)C1(C#N)C(c2cccc(C)c2)NC(=O)C([n+]2ccccc2)C1c1cccc(C)c1.[Br-]. The predicted octanol–water partition coefficient (Wildman–Crippen LogP) is 0.474. The zero-order valence-corrected chi connectivity index (χ0v) is 20.8. The van der Waals surface area contributed by atoms with Gasteiger partial charge in [-0.3, -0.25) is 9.59 Å². The Bertz CT molecular complexity index is 1240. The Kier molecular flexibility index (Phi) is 7.53. The van der Waals surface area contributed by atoms with Gasteiger partial charge in [0.05, 0.1) is 25.1 Å². The van der Waals surface area contributed by atoms with Crippen molar-refractivity contribution in [3.8, 4) is 6.07 Å². The maximum Gasteiger partial charge on any atom is 0.329 e. The number of aromatic nitrogens is 1. The van der Waals surface area contributed by atoms with Crippen LogP contribution in [0.5, 0.6) is 0 Å². The number of rotatable bonds is 4. The van der Waals surface area contributed by atoms with Crippen LogP contribution in [0, 0.1) is 30.6 Å². The van der Waals surface area contributed by atoms with Gasteiger partial charge in [-0.1, -0.05) is 65.7 Å². The fourth-order valence-electron chi connectivity index (χ4n) is 4.92. The van der Waals surface area contributed by atoms with Gasteiger partial charge in [-0.05, 0) is 25.0 Å². The van der Waals surface area contributed by atoms with E-state index >= 15 is 0 Å². The Labute approximate surface area is 210 Å². The minimum atomic E-state index is -1.70. The number of amides is 1. The molecule has 1 aliphatic rings. The van der Waals surface area contributed by atoms with Gasteiger partial charge in [-0.25, -0.2) is 0 Å². The molecule has 6 nitrogen and oxygen atoms in total. The molecule has 34 heavy (non-hydrogen) atoms. The summed E-state index contributed by atoms with van der Waals surface area (Å²) >= 11 is 0. The number of nitrogens with one attached hydrogen (secondary N) is 1. The number of methoxy groups -OCH3 is 1. The largest absolute Gasteiger partial charge is 1.00 e. The molecular weight excluding hydrogens is 494 g/mol. The van der Waals surface area contributed by atoms with Crippen LogP contribution in [0.4, 0.5) is 0 Å². The van der Waals surface area contributed by atoms with E-state index in [1.54, 1.807) is 17.0 Å². The number of ether oxygens (including phenoxy) is 1. The first-order valence-electron chi connectivity index (χ1n) is 10.8. The molecule has 0 radical (unpaired) electrons. The summed E-state index contributed by atoms with van der Waals surface area (Å²) in [5, 5.41) is 13.7. The maximum absolute atomic E-state index is 13.7. The highest BCUT2D eigenvalue weighted by Gasteiger charge is 2.65. The fraction of sp³-hybridized carbons (Fsp3) is 0.259. The monoisotopic (exact) mass is 519 g/mol. The molecule has 1 fully saturated rings. The predicted molar refractivity (Wildman–Crippen MR) is 122 cm³/mol. The van der Waals surface area contributed by atoms with Gasteiger partial charge in [-0.2, -0.15) is 9.83 Å². The van der Waals surface area contributed by atoms with E-state index in [9.17, 15) is 14.9 Å². The van der Waals surface area contributed by atoms with E-state index in [4.69, 9.17) is 4.74 Å². The van der Waals surface area contributed by atoms with Crippen LogP contribution in [-0.2, 0) is 14.3 Å². The lowest BCUT2D eigenvalue weighted by atomic mass is 9.60. The van der Waals surface area contributed by atoms with E-state index in [1.165, 1.54) is 7.11 Å². The zero-order chi connectivity index (χ0) is 23.6. The second-order valence-electron chi connectivity index (χ2n) is 8.49. The normalized spacial score (nSPS) is 23.7. The van der Waals surface area contributed by atoms with Gasteiger partial charge in [0.1, 0.15) is 0 Å². The van der Waals surface area contributed by atoms with Crippen molar-refractivity contribution in [1.29, 1.82) is 5.26 Å². The topological polar surface area (TPSA) is 83.1 Å². The fourth-order valence-corrected chi connectivity index (χ4v) is 4.92. The number of carbonyl (C=O) groups is 2. The minimum Gasteiger partial charge on any atom is -1.00 e. The van der Waals surface area contributed by atoms with Crippen LogP contribution in [0.1, 0.15) is 40.3 Å². The Morgan fingerprint density at radius 3 is 2.15 bits per heavy atom. The van der Waals surface area contributed by atoms with Crippen molar-refractivity contribution >= 4 is 11.9 Å². The molecule has 1 aromatic heterocycles. The third-order valence-corrected chi connectivity index (χ3v) is 6.36. The van der Waals surface area contributed by atoms with Crippen molar-refractivity contribution in [1.82, 2.24) is 5.32 Å². The number of nitriles is 1. The lowest BCUT2D eigenvalue weighted by Gasteiger charge is -2.44. The molecule has 4 atom stereocenters. The Hall–Kier alpha value is -3.50. The highest BCUT2D eigenvalue weighted by molar-refractivity contribution is 5.90. The van der Waals surface area contributed by atoms with Crippen molar-refractivity contribution < 1.29 is 35.9 Å². The second-order valence-corrected chi connectivity index (χ2v) is 8.49. The van der Waals surface area contributed by atoms with Crippen LogP contribution in [0.25, 0.3) is 0 Å². The van der Waals surface area contributed by atoms with E-state index < -0.39 is 29.4 Å². The summed E-state index contributed by atoms with van der Waals surface area (Å²) in [6.07, 6.45) is 3.55. The molecule has 1 amide bonds. The van der Waals surface area contributed by atoms with E-state index in [1.807, 2.05) is 80.6 Å². The van der Waals surface area contributed by atoms with E-state index in [0.29, 0.717) is 5.56 Å². The summed E-state index contributed by atoms with van der Waals surface area (Å²) in [5.74, 6) is -1.73. The highest BCUT2D eigenvalue weighted by Crippen LogP contribution is 2.53. The van der Waals surface area contributed by atoms with Crippen LogP contribution in [0.3, 0.4) is 0 Å². The van der Waals surface area contributed by atoms with Crippen LogP contribution in [0.2, 0.25) is 0 Å². The summed E-state index contributed by atoms with van der Waals surface area (Å²) in [6, 6.07) is 21.2. The molecule has 0 saturated carbocycles. The first-order valence-corrected chi connectivity index (χ1v) is 10.8. The number of piperidine rings is 1. The first-order chi connectivity index (χ1) is 15.9. The van der Waals surface area contributed by atoms with E-state index in [0.717, 1.165) is 16.7 Å². The molecule has 1 saturated heterocycles.